The van der Waals surface area contributed by atoms with Crippen LogP contribution in [0.1, 0.15) is 28.8 Å². The van der Waals surface area contributed by atoms with E-state index in [-0.39, 0.29) is 10.7 Å². The number of anilines is 1. The van der Waals surface area contributed by atoms with Crippen LogP contribution in [-0.2, 0) is 9.53 Å². The average molecular weight is 406 g/mol. The molecular weight excluding hydrogens is 390 g/mol. The molecule has 0 unspecified atom stereocenters. The monoisotopic (exact) mass is 406 g/mol. The van der Waals surface area contributed by atoms with Gasteiger partial charge in [0.1, 0.15) is 17.1 Å². The van der Waals surface area contributed by atoms with Crippen molar-refractivity contribution in [1.82, 2.24) is 4.98 Å². The first kappa shape index (κ1) is 19.7. The van der Waals surface area contributed by atoms with E-state index in [1.165, 1.54) is 19.1 Å². The van der Waals surface area contributed by atoms with Crippen LogP contribution < -0.4 is 5.32 Å². The standard InChI is InChI=1S/C19H16F2N2O4S/c1-9-6-13(10(2)26-9)18(25)27-11(3)17(24)23-19-22-16(8-28-19)12-4-5-14(20)15(21)7-12/h4-8,11H,1-3H3,(H,22,23,24)/t11-/m0/s1. The molecule has 0 aliphatic heterocycles. The summed E-state index contributed by atoms with van der Waals surface area (Å²) in [6.07, 6.45) is -1.07. The second kappa shape index (κ2) is 7.89. The maximum atomic E-state index is 13.4. The Bertz CT molecular complexity index is 1040. The summed E-state index contributed by atoms with van der Waals surface area (Å²) in [7, 11) is 0. The van der Waals surface area contributed by atoms with Crippen LogP contribution in [0, 0.1) is 25.5 Å². The van der Waals surface area contributed by atoms with Crippen molar-refractivity contribution in [2.24, 2.45) is 0 Å². The molecule has 0 bridgehead atoms. The molecule has 0 saturated carbocycles. The van der Waals surface area contributed by atoms with Gasteiger partial charge in [0.25, 0.3) is 5.91 Å². The molecule has 0 radical (unpaired) electrons. The fourth-order valence-electron chi connectivity index (χ4n) is 2.44. The number of rotatable bonds is 5. The molecule has 3 aromatic rings. The summed E-state index contributed by atoms with van der Waals surface area (Å²) in [6, 6.07) is 4.95. The molecule has 1 aromatic carbocycles. The highest BCUT2D eigenvalue weighted by Crippen LogP contribution is 2.26. The molecule has 3 rings (SSSR count). The maximum absolute atomic E-state index is 13.4. The van der Waals surface area contributed by atoms with Crippen molar-refractivity contribution >= 4 is 28.3 Å². The summed E-state index contributed by atoms with van der Waals surface area (Å²) < 4.78 is 36.8. The van der Waals surface area contributed by atoms with Crippen LogP contribution in [0.25, 0.3) is 11.3 Å². The van der Waals surface area contributed by atoms with Crippen molar-refractivity contribution in [1.29, 1.82) is 0 Å². The summed E-state index contributed by atoms with van der Waals surface area (Å²) in [5.41, 5.74) is 1.02. The van der Waals surface area contributed by atoms with Gasteiger partial charge in [-0.15, -0.1) is 11.3 Å². The Morgan fingerprint density at radius 1 is 1.21 bits per heavy atom. The second-order valence-electron chi connectivity index (χ2n) is 6.03. The first-order valence-corrected chi connectivity index (χ1v) is 9.12. The zero-order valence-corrected chi connectivity index (χ0v) is 16.0. The molecule has 0 aliphatic carbocycles. The zero-order valence-electron chi connectivity index (χ0n) is 15.2. The molecular formula is C19H16F2N2O4S. The predicted octanol–water partition coefficient (Wildman–Crippen LogP) is 4.48. The topological polar surface area (TPSA) is 81.4 Å². The lowest BCUT2D eigenvalue weighted by Crippen LogP contribution is -2.30. The highest BCUT2D eigenvalue weighted by molar-refractivity contribution is 7.14. The number of furan rings is 1. The van der Waals surface area contributed by atoms with Crippen LogP contribution in [0.5, 0.6) is 0 Å². The molecule has 0 fully saturated rings. The molecule has 1 atom stereocenters. The Kier molecular flexibility index (Phi) is 5.55. The molecule has 0 spiro atoms. The van der Waals surface area contributed by atoms with E-state index in [4.69, 9.17) is 9.15 Å². The number of halogens is 2. The van der Waals surface area contributed by atoms with Crippen molar-refractivity contribution < 1.29 is 27.5 Å². The van der Waals surface area contributed by atoms with Gasteiger partial charge in [-0.1, -0.05) is 0 Å². The summed E-state index contributed by atoms with van der Waals surface area (Å²) in [5, 5.41) is 4.37. The molecule has 6 nitrogen and oxygen atoms in total. The third kappa shape index (κ3) is 4.25. The molecule has 146 valence electrons. The molecule has 28 heavy (non-hydrogen) atoms. The Hall–Kier alpha value is -3.07. The number of thiazole rings is 1. The highest BCUT2D eigenvalue weighted by Gasteiger charge is 2.23. The van der Waals surface area contributed by atoms with Gasteiger partial charge in [-0.3, -0.25) is 10.1 Å². The van der Waals surface area contributed by atoms with Gasteiger partial charge in [0.05, 0.1) is 5.69 Å². The van der Waals surface area contributed by atoms with Gasteiger partial charge in [-0.05, 0) is 45.0 Å². The van der Waals surface area contributed by atoms with Crippen molar-refractivity contribution in [3.8, 4) is 11.3 Å². The number of benzene rings is 1. The van der Waals surface area contributed by atoms with Gasteiger partial charge in [0, 0.05) is 10.9 Å². The van der Waals surface area contributed by atoms with Crippen molar-refractivity contribution in [3.05, 3.63) is 58.4 Å². The minimum absolute atomic E-state index is 0.239. The van der Waals surface area contributed by atoms with Crippen LogP contribution in [0.2, 0.25) is 0 Å². The number of aryl methyl sites for hydroxylation is 2. The SMILES string of the molecule is Cc1cc(C(=O)O[C@@H](C)C(=O)Nc2nc(-c3ccc(F)c(F)c3)cs2)c(C)o1. The summed E-state index contributed by atoms with van der Waals surface area (Å²) in [6.45, 7) is 4.76. The van der Waals surface area contributed by atoms with E-state index in [0.717, 1.165) is 23.5 Å². The number of nitrogens with one attached hydrogen (secondary N) is 1. The number of nitrogens with zero attached hydrogens (tertiary/aromatic N) is 1. The molecule has 1 N–H and O–H groups in total. The van der Waals surface area contributed by atoms with E-state index in [1.807, 2.05) is 0 Å². The largest absolute Gasteiger partial charge is 0.466 e. The van der Waals surface area contributed by atoms with Crippen LogP contribution in [0.4, 0.5) is 13.9 Å². The van der Waals surface area contributed by atoms with E-state index in [0.29, 0.717) is 22.8 Å². The van der Waals surface area contributed by atoms with Gasteiger partial charge in [0.2, 0.25) is 0 Å². The number of amides is 1. The maximum Gasteiger partial charge on any atom is 0.342 e. The van der Waals surface area contributed by atoms with Crippen molar-refractivity contribution in [3.63, 3.8) is 0 Å². The van der Waals surface area contributed by atoms with Crippen molar-refractivity contribution in [2.45, 2.75) is 26.9 Å². The number of ether oxygens (including phenoxy) is 1. The van der Waals surface area contributed by atoms with Gasteiger partial charge in [0.15, 0.2) is 22.9 Å². The van der Waals surface area contributed by atoms with Gasteiger partial charge in [-0.25, -0.2) is 18.6 Å². The Balaban J connectivity index is 1.64. The lowest BCUT2D eigenvalue weighted by Gasteiger charge is -2.11. The summed E-state index contributed by atoms with van der Waals surface area (Å²) >= 11 is 1.11. The lowest BCUT2D eigenvalue weighted by molar-refractivity contribution is -0.123. The Morgan fingerprint density at radius 3 is 2.61 bits per heavy atom. The molecule has 2 heterocycles. The average Bonchev–Trinajstić information content (AvgIpc) is 3.23. The first-order chi connectivity index (χ1) is 13.2. The fourth-order valence-corrected chi connectivity index (χ4v) is 3.16. The van der Waals surface area contributed by atoms with E-state index in [1.54, 1.807) is 19.2 Å². The van der Waals surface area contributed by atoms with Crippen molar-refractivity contribution in [2.75, 3.05) is 5.32 Å². The van der Waals surface area contributed by atoms with E-state index in [2.05, 4.69) is 10.3 Å². The van der Waals surface area contributed by atoms with E-state index in [9.17, 15) is 18.4 Å². The van der Waals surface area contributed by atoms with Crippen LogP contribution in [-0.4, -0.2) is 23.0 Å². The summed E-state index contributed by atoms with van der Waals surface area (Å²) in [5.74, 6) is -2.20. The molecule has 0 aliphatic rings. The van der Waals surface area contributed by atoms with E-state index >= 15 is 0 Å². The molecule has 9 heteroatoms. The number of carbonyl (C=O) groups excluding carboxylic acids is 2. The number of aromatic nitrogens is 1. The fraction of sp³-hybridized carbons (Fsp3) is 0.211. The third-order valence-corrected chi connectivity index (χ3v) is 4.62. The second-order valence-corrected chi connectivity index (χ2v) is 6.89. The van der Waals surface area contributed by atoms with Gasteiger partial charge in [-0.2, -0.15) is 0 Å². The number of carbonyl (C=O) groups is 2. The number of hydrogen-bond donors (Lipinski definition) is 1. The number of esters is 1. The number of hydrogen-bond acceptors (Lipinski definition) is 6. The first-order valence-electron chi connectivity index (χ1n) is 8.24. The minimum atomic E-state index is -1.07. The quantitative estimate of drug-likeness (QED) is 0.632. The van der Waals surface area contributed by atoms with E-state index < -0.39 is 29.6 Å². The molecule has 0 saturated heterocycles. The molecule has 2 aromatic heterocycles. The predicted molar refractivity (Wildman–Crippen MR) is 99.2 cm³/mol. The Morgan fingerprint density at radius 2 is 1.96 bits per heavy atom. The molecule has 1 amide bonds. The highest BCUT2D eigenvalue weighted by atomic mass is 32.1. The summed E-state index contributed by atoms with van der Waals surface area (Å²) in [4.78, 5) is 28.6. The lowest BCUT2D eigenvalue weighted by atomic mass is 10.2. The third-order valence-electron chi connectivity index (χ3n) is 3.86. The van der Waals surface area contributed by atoms with Crippen LogP contribution >= 0.6 is 11.3 Å². The minimum Gasteiger partial charge on any atom is -0.466 e. The van der Waals surface area contributed by atoms with Crippen LogP contribution in [0.15, 0.2) is 34.1 Å². The normalized spacial score (nSPS) is 11.9. The van der Waals surface area contributed by atoms with Gasteiger partial charge >= 0.3 is 5.97 Å². The van der Waals surface area contributed by atoms with Crippen LogP contribution in [0.3, 0.4) is 0 Å². The zero-order chi connectivity index (χ0) is 20.4. The van der Waals surface area contributed by atoms with Gasteiger partial charge < -0.3 is 9.15 Å². The smallest absolute Gasteiger partial charge is 0.342 e. The Labute approximate surface area is 163 Å².